The third-order valence-corrected chi connectivity index (χ3v) is 5.36. The molecular formula is C20H20N2O2. The third kappa shape index (κ3) is 2.21. The van der Waals surface area contributed by atoms with Crippen molar-refractivity contribution in [2.75, 3.05) is 7.05 Å². The first kappa shape index (κ1) is 14.9. The maximum absolute atomic E-state index is 12.3. The van der Waals surface area contributed by atoms with Crippen molar-refractivity contribution in [2.45, 2.75) is 19.8 Å². The molecule has 4 rings (SSSR count). The van der Waals surface area contributed by atoms with Gasteiger partial charge in [0.1, 0.15) is 0 Å². The number of hydrogen-bond donors (Lipinski definition) is 0. The first-order valence-electron chi connectivity index (χ1n) is 8.30. The van der Waals surface area contributed by atoms with Crippen LogP contribution in [0.5, 0.6) is 0 Å². The Morgan fingerprint density at radius 1 is 0.917 bits per heavy atom. The van der Waals surface area contributed by atoms with E-state index in [4.69, 9.17) is 0 Å². The van der Waals surface area contributed by atoms with Crippen molar-refractivity contribution < 1.29 is 9.59 Å². The highest BCUT2D eigenvalue weighted by molar-refractivity contribution is 6.06. The Balaban J connectivity index is 1.65. The molecule has 4 heteroatoms. The van der Waals surface area contributed by atoms with E-state index in [-0.39, 0.29) is 23.7 Å². The summed E-state index contributed by atoms with van der Waals surface area (Å²) in [6, 6.07) is 12.4. The van der Waals surface area contributed by atoms with Gasteiger partial charge in [0.15, 0.2) is 0 Å². The maximum atomic E-state index is 12.3. The summed E-state index contributed by atoms with van der Waals surface area (Å²) in [7, 11) is 1.60. The Morgan fingerprint density at radius 2 is 1.50 bits per heavy atom. The first-order chi connectivity index (χ1) is 11.6. The van der Waals surface area contributed by atoms with Gasteiger partial charge in [0, 0.05) is 25.1 Å². The van der Waals surface area contributed by atoms with Crippen molar-refractivity contribution in [3.05, 3.63) is 59.9 Å². The largest absolute Gasteiger partial charge is 0.324 e. The standard InChI is InChI=1S/C20H20N2O2/c1-13-11-17-18(20(24)21(2)19(17)23)12-16(13)14-5-7-15(8-6-14)22-9-3-4-10-22/h3-10,17-18H,11-12H2,1-2H3/t17-,18+/m0/s1. The molecule has 0 bridgehead atoms. The molecule has 0 radical (unpaired) electrons. The molecule has 24 heavy (non-hydrogen) atoms. The molecule has 2 amide bonds. The van der Waals surface area contributed by atoms with E-state index >= 15 is 0 Å². The minimum Gasteiger partial charge on any atom is -0.324 e. The van der Waals surface area contributed by atoms with E-state index in [1.54, 1.807) is 7.05 Å². The van der Waals surface area contributed by atoms with Crippen molar-refractivity contribution in [1.82, 2.24) is 9.47 Å². The van der Waals surface area contributed by atoms with Gasteiger partial charge in [-0.1, -0.05) is 17.7 Å². The van der Waals surface area contributed by atoms with Gasteiger partial charge in [-0.25, -0.2) is 0 Å². The molecular weight excluding hydrogens is 300 g/mol. The fourth-order valence-electron chi connectivity index (χ4n) is 3.96. The number of hydrogen-bond acceptors (Lipinski definition) is 2. The van der Waals surface area contributed by atoms with Gasteiger partial charge in [-0.3, -0.25) is 14.5 Å². The summed E-state index contributed by atoms with van der Waals surface area (Å²) >= 11 is 0. The number of aromatic nitrogens is 1. The highest BCUT2D eigenvalue weighted by Crippen LogP contribution is 2.43. The van der Waals surface area contributed by atoms with Crippen LogP contribution in [0.25, 0.3) is 11.3 Å². The van der Waals surface area contributed by atoms with Crippen LogP contribution in [0.4, 0.5) is 0 Å². The number of fused-ring (bicyclic) bond motifs is 1. The lowest BCUT2D eigenvalue weighted by Gasteiger charge is -2.26. The predicted molar refractivity (Wildman–Crippen MR) is 92.4 cm³/mol. The number of likely N-dealkylation sites (tertiary alicyclic amines) is 1. The third-order valence-electron chi connectivity index (χ3n) is 5.36. The van der Waals surface area contributed by atoms with Crippen LogP contribution in [-0.2, 0) is 9.59 Å². The van der Waals surface area contributed by atoms with Crippen LogP contribution >= 0.6 is 0 Å². The number of benzene rings is 1. The van der Waals surface area contributed by atoms with Crippen molar-refractivity contribution in [3.8, 4) is 5.69 Å². The quantitative estimate of drug-likeness (QED) is 0.797. The molecule has 1 aliphatic heterocycles. The molecule has 0 spiro atoms. The minimum atomic E-state index is -0.190. The van der Waals surface area contributed by atoms with E-state index in [9.17, 15) is 9.59 Å². The van der Waals surface area contributed by atoms with Crippen LogP contribution in [0.3, 0.4) is 0 Å². The van der Waals surface area contributed by atoms with Crippen LogP contribution in [0.15, 0.2) is 54.4 Å². The van der Waals surface area contributed by atoms with Gasteiger partial charge in [-0.05, 0) is 55.2 Å². The van der Waals surface area contributed by atoms with Crippen molar-refractivity contribution in [3.63, 3.8) is 0 Å². The zero-order valence-electron chi connectivity index (χ0n) is 13.9. The second kappa shape index (κ2) is 5.48. The molecule has 2 heterocycles. The van der Waals surface area contributed by atoms with E-state index in [1.807, 2.05) is 24.5 Å². The number of nitrogens with zero attached hydrogens (tertiary/aromatic N) is 2. The minimum absolute atomic E-state index is 0.0219. The van der Waals surface area contributed by atoms with Crippen molar-refractivity contribution in [2.24, 2.45) is 11.8 Å². The predicted octanol–water partition coefficient (Wildman–Crippen LogP) is 3.28. The number of rotatable bonds is 2. The lowest BCUT2D eigenvalue weighted by molar-refractivity contribution is -0.138. The summed E-state index contributed by atoms with van der Waals surface area (Å²) in [5, 5.41) is 0. The van der Waals surface area contributed by atoms with Crippen LogP contribution in [-0.4, -0.2) is 28.3 Å². The number of amides is 2. The SMILES string of the molecule is CC1=C(c2ccc(-n3cccc3)cc2)C[C@H]2C(=O)N(C)C(=O)[C@H]2C1. The fourth-order valence-corrected chi connectivity index (χ4v) is 3.96. The highest BCUT2D eigenvalue weighted by Gasteiger charge is 2.47. The van der Waals surface area contributed by atoms with Gasteiger partial charge in [-0.2, -0.15) is 0 Å². The molecule has 1 fully saturated rings. The van der Waals surface area contributed by atoms with E-state index in [1.165, 1.54) is 16.0 Å². The number of carbonyl (C=O) groups excluding carboxylic acids is 2. The molecule has 122 valence electrons. The summed E-state index contributed by atoms with van der Waals surface area (Å²) in [5.74, 6) is -0.402. The molecule has 2 atom stereocenters. The van der Waals surface area contributed by atoms with E-state index in [0.717, 1.165) is 11.3 Å². The van der Waals surface area contributed by atoms with Crippen molar-refractivity contribution in [1.29, 1.82) is 0 Å². The number of carbonyl (C=O) groups is 2. The Hall–Kier alpha value is -2.62. The molecule has 0 saturated carbocycles. The molecule has 0 unspecified atom stereocenters. The highest BCUT2D eigenvalue weighted by atomic mass is 16.2. The smallest absolute Gasteiger partial charge is 0.233 e. The maximum Gasteiger partial charge on any atom is 0.233 e. The Labute approximate surface area is 141 Å². The molecule has 4 nitrogen and oxygen atoms in total. The van der Waals surface area contributed by atoms with Crippen LogP contribution in [0, 0.1) is 11.8 Å². The van der Waals surface area contributed by atoms with Gasteiger partial charge in [0.05, 0.1) is 11.8 Å². The van der Waals surface area contributed by atoms with Gasteiger partial charge < -0.3 is 4.57 Å². The lowest BCUT2D eigenvalue weighted by Crippen LogP contribution is -2.26. The molecule has 2 aromatic rings. The molecule has 1 aromatic carbocycles. The normalized spacial score (nSPS) is 23.8. The van der Waals surface area contributed by atoms with Gasteiger partial charge >= 0.3 is 0 Å². The summed E-state index contributed by atoms with van der Waals surface area (Å²) in [6.07, 6.45) is 5.38. The Morgan fingerprint density at radius 3 is 2.12 bits per heavy atom. The zero-order valence-corrected chi connectivity index (χ0v) is 13.9. The summed E-state index contributed by atoms with van der Waals surface area (Å²) in [6.45, 7) is 2.08. The molecule has 2 aliphatic rings. The Kier molecular flexibility index (Phi) is 3.41. The van der Waals surface area contributed by atoms with Gasteiger partial charge in [-0.15, -0.1) is 0 Å². The van der Waals surface area contributed by atoms with E-state index in [2.05, 4.69) is 35.8 Å². The Bertz CT molecular complexity index is 831. The van der Waals surface area contributed by atoms with Crippen LogP contribution in [0.1, 0.15) is 25.3 Å². The topological polar surface area (TPSA) is 42.3 Å². The average Bonchev–Trinajstić information content (AvgIpc) is 3.20. The van der Waals surface area contributed by atoms with Gasteiger partial charge in [0.25, 0.3) is 0 Å². The number of allylic oxidation sites excluding steroid dienone is 2. The summed E-state index contributed by atoms with van der Waals surface area (Å²) in [5.41, 5.74) is 4.70. The summed E-state index contributed by atoms with van der Waals surface area (Å²) in [4.78, 5) is 25.8. The van der Waals surface area contributed by atoms with Crippen LogP contribution in [0.2, 0.25) is 0 Å². The summed E-state index contributed by atoms with van der Waals surface area (Å²) < 4.78 is 2.07. The van der Waals surface area contributed by atoms with Gasteiger partial charge in [0.2, 0.25) is 11.8 Å². The first-order valence-corrected chi connectivity index (χ1v) is 8.30. The number of imide groups is 1. The van der Waals surface area contributed by atoms with E-state index < -0.39 is 0 Å². The average molecular weight is 320 g/mol. The van der Waals surface area contributed by atoms with Crippen molar-refractivity contribution >= 4 is 17.4 Å². The van der Waals surface area contributed by atoms with E-state index in [0.29, 0.717) is 12.8 Å². The second-order valence-electron chi connectivity index (χ2n) is 6.75. The molecule has 1 saturated heterocycles. The molecule has 0 N–H and O–H groups in total. The molecule has 1 aromatic heterocycles. The fraction of sp³-hybridized carbons (Fsp3) is 0.300. The zero-order chi connectivity index (χ0) is 16.8. The monoisotopic (exact) mass is 320 g/mol. The second-order valence-corrected chi connectivity index (χ2v) is 6.75. The van der Waals surface area contributed by atoms with Crippen LogP contribution < -0.4 is 0 Å². The molecule has 1 aliphatic carbocycles. The lowest BCUT2D eigenvalue weighted by atomic mass is 9.76.